The number of hydrogen-bond acceptors (Lipinski definition) is 5. The van der Waals surface area contributed by atoms with Gasteiger partial charge in [-0.15, -0.1) is 0 Å². The third-order valence-electron chi connectivity index (χ3n) is 2.45. The normalized spacial score (nSPS) is 11.2. The van der Waals surface area contributed by atoms with Crippen LogP contribution in [0, 0.1) is 0 Å². The second kappa shape index (κ2) is 5.86. The van der Waals surface area contributed by atoms with Crippen LogP contribution in [0.4, 0.5) is 11.4 Å². The lowest BCUT2D eigenvalue weighted by Gasteiger charge is -2.08. The summed E-state index contributed by atoms with van der Waals surface area (Å²) in [6, 6.07) is 5.10. The van der Waals surface area contributed by atoms with E-state index in [4.69, 9.17) is 5.73 Å². The molecule has 1 aromatic rings. The maximum Gasteiger partial charge on any atom is 0.161 e. The highest BCUT2D eigenvalue weighted by molar-refractivity contribution is 7.90. The van der Waals surface area contributed by atoms with Crippen LogP contribution in [0.5, 0.6) is 0 Å². The zero-order valence-corrected chi connectivity index (χ0v) is 11.4. The van der Waals surface area contributed by atoms with Gasteiger partial charge in [-0.2, -0.15) is 0 Å². The number of nitrogens with two attached hydrogens (primary N) is 1. The molecule has 5 nitrogen and oxygen atoms in total. The average Bonchev–Trinajstić information content (AvgIpc) is 2.22. The smallest absolute Gasteiger partial charge is 0.161 e. The number of sulfone groups is 1. The van der Waals surface area contributed by atoms with Crippen LogP contribution in [0.15, 0.2) is 18.2 Å². The van der Waals surface area contributed by atoms with E-state index in [0.29, 0.717) is 24.2 Å². The molecule has 0 aliphatic carbocycles. The molecule has 0 saturated heterocycles. The first-order valence-corrected chi connectivity index (χ1v) is 7.68. The van der Waals surface area contributed by atoms with Crippen molar-refractivity contribution in [3.05, 3.63) is 23.8 Å². The fraction of sp³-hybridized carbons (Fsp3) is 0.417. The summed E-state index contributed by atoms with van der Waals surface area (Å²) in [6.45, 7) is 2.01. The minimum absolute atomic E-state index is 0.0730. The molecule has 0 spiro atoms. The topological polar surface area (TPSA) is 89.3 Å². The van der Waals surface area contributed by atoms with Crippen molar-refractivity contribution < 1.29 is 13.2 Å². The SMILES string of the molecule is CC(=O)c1ccc(NCCCS(C)(=O)=O)cc1N. The number of nitrogen functional groups attached to an aromatic ring is 1. The van der Waals surface area contributed by atoms with Gasteiger partial charge >= 0.3 is 0 Å². The first kappa shape index (κ1) is 14.5. The summed E-state index contributed by atoms with van der Waals surface area (Å²) in [4.78, 5) is 11.2. The minimum atomic E-state index is -2.91. The second-order valence-electron chi connectivity index (χ2n) is 4.27. The van der Waals surface area contributed by atoms with Gasteiger partial charge in [0, 0.05) is 29.7 Å². The van der Waals surface area contributed by atoms with Crippen LogP contribution in [0.1, 0.15) is 23.7 Å². The molecule has 0 aromatic heterocycles. The highest BCUT2D eigenvalue weighted by Crippen LogP contribution is 2.18. The molecule has 0 heterocycles. The molecule has 1 aromatic carbocycles. The number of carbonyl (C=O) groups is 1. The maximum atomic E-state index is 11.2. The Balaban J connectivity index is 2.54. The molecule has 0 fully saturated rings. The van der Waals surface area contributed by atoms with E-state index in [9.17, 15) is 13.2 Å². The number of Topliss-reactive ketones (excluding diaryl/α,β-unsaturated/α-hetero) is 1. The van der Waals surface area contributed by atoms with Crippen LogP contribution >= 0.6 is 0 Å². The summed E-state index contributed by atoms with van der Waals surface area (Å²) in [5.74, 6) is 0.0808. The third-order valence-corrected chi connectivity index (χ3v) is 3.48. The largest absolute Gasteiger partial charge is 0.398 e. The zero-order valence-electron chi connectivity index (χ0n) is 10.6. The Morgan fingerprint density at radius 1 is 1.39 bits per heavy atom. The molecular formula is C12H18N2O3S. The molecule has 100 valence electrons. The Hall–Kier alpha value is -1.56. The van der Waals surface area contributed by atoms with E-state index in [1.165, 1.54) is 13.2 Å². The van der Waals surface area contributed by atoms with Crippen molar-refractivity contribution >= 4 is 27.0 Å². The molecule has 6 heteroatoms. The lowest BCUT2D eigenvalue weighted by Crippen LogP contribution is -2.10. The summed E-state index contributed by atoms with van der Waals surface area (Å²) in [5.41, 5.74) is 7.45. The molecule has 0 amide bonds. The lowest BCUT2D eigenvalue weighted by molar-refractivity contribution is 0.101. The summed E-state index contributed by atoms with van der Waals surface area (Å²) in [6.07, 6.45) is 1.75. The first-order valence-electron chi connectivity index (χ1n) is 5.61. The van der Waals surface area contributed by atoms with E-state index in [1.807, 2.05) is 0 Å². The summed E-state index contributed by atoms with van der Waals surface area (Å²) in [7, 11) is -2.91. The highest BCUT2D eigenvalue weighted by atomic mass is 32.2. The quantitative estimate of drug-likeness (QED) is 0.462. The molecule has 0 aliphatic rings. The van der Waals surface area contributed by atoms with Crippen molar-refractivity contribution in [3.8, 4) is 0 Å². The second-order valence-corrected chi connectivity index (χ2v) is 6.53. The van der Waals surface area contributed by atoms with E-state index in [0.717, 1.165) is 5.69 Å². The predicted octanol–water partition coefficient (Wildman–Crippen LogP) is 1.32. The minimum Gasteiger partial charge on any atom is -0.398 e. The number of hydrogen-bond donors (Lipinski definition) is 2. The number of rotatable bonds is 6. The molecular weight excluding hydrogens is 252 g/mol. The molecule has 0 radical (unpaired) electrons. The van der Waals surface area contributed by atoms with Gasteiger partial charge in [-0.05, 0) is 31.5 Å². The van der Waals surface area contributed by atoms with Crippen LogP contribution in [-0.4, -0.2) is 32.8 Å². The number of benzene rings is 1. The Kier molecular flexibility index (Phi) is 4.72. The zero-order chi connectivity index (χ0) is 13.8. The standard InChI is InChI=1S/C12H18N2O3S/c1-9(15)11-5-4-10(8-12(11)13)14-6-3-7-18(2,16)17/h4-5,8,14H,3,6-7,13H2,1-2H3. The van der Waals surface area contributed by atoms with Crippen molar-refractivity contribution in [2.45, 2.75) is 13.3 Å². The predicted molar refractivity (Wildman–Crippen MR) is 73.7 cm³/mol. The van der Waals surface area contributed by atoms with Gasteiger partial charge in [-0.3, -0.25) is 4.79 Å². The van der Waals surface area contributed by atoms with Gasteiger partial charge in [0.1, 0.15) is 9.84 Å². The number of carbonyl (C=O) groups excluding carboxylic acids is 1. The molecule has 3 N–H and O–H groups in total. The van der Waals surface area contributed by atoms with Gasteiger partial charge in [-0.1, -0.05) is 0 Å². The van der Waals surface area contributed by atoms with Crippen LogP contribution in [0.25, 0.3) is 0 Å². The van der Waals surface area contributed by atoms with Crippen molar-refractivity contribution in [3.63, 3.8) is 0 Å². The summed E-state index contributed by atoms with van der Waals surface area (Å²) < 4.78 is 21.9. The molecule has 1 rings (SSSR count). The van der Waals surface area contributed by atoms with Gasteiger partial charge in [0.05, 0.1) is 5.75 Å². The molecule has 0 saturated carbocycles. The maximum absolute atomic E-state index is 11.2. The van der Waals surface area contributed by atoms with Gasteiger partial charge in [0.15, 0.2) is 5.78 Å². The first-order chi connectivity index (χ1) is 8.29. The van der Waals surface area contributed by atoms with Crippen molar-refractivity contribution in [2.24, 2.45) is 0 Å². The molecule has 0 aliphatic heterocycles. The van der Waals surface area contributed by atoms with Crippen LogP contribution in [0.2, 0.25) is 0 Å². The lowest BCUT2D eigenvalue weighted by atomic mass is 10.1. The van der Waals surface area contributed by atoms with Crippen LogP contribution in [-0.2, 0) is 9.84 Å². The molecule has 0 bridgehead atoms. The Morgan fingerprint density at radius 3 is 2.56 bits per heavy atom. The fourth-order valence-electron chi connectivity index (χ4n) is 1.56. The van der Waals surface area contributed by atoms with Gasteiger partial charge in [0.2, 0.25) is 0 Å². The third kappa shape index (κ3) is 4.75. The van der Waals surface area contributed by atoms with E-state index in [2.05, 4.69) is 5.32 Å². The van der Waals surface area contributed by atoms with Crippen LogP contribution < -0.4 is 11.1 Å². The monoisotopic (exact) mass is 270 g/mol. The number of ketones is 1. The van der Waals surface area contributed by atoms with Crippen molar-refractivity contribution in [1.82, 2.24) is 0 Å². The summed E-state index contributed by atoms with van der Waals surface area (Å²) >= 11 is 0. The summed E-state index contributed by atoms with van der Waals surface area (Å²) in [5, 5.41) is 3.07. The van der Waals surface area contributed by atoms with Crippen molar-refractivity contribution in [2.75, 3.05) is 29.6 Å². The molecule has 0 unspecified atom stereocenters. The van der Waals surface area contributed by atoms with Crippen molar-refractivity contribution in [1.29, 1.82) is 0 Å². The van der Waals surface area contributed by atoms with E-state index in [-0.39, 0.29) is 11.5 Å². The highest BCUT2D eigenvalue weighted by Gasteiger charge is 2.05. The van der Waals surface area contributed by atoms with E-state index < -0.39 is 9.84 Å². The fourth-order valence-corrected chi connectivity index (χ4v) is 2.23. The Bertz CT molecular complexity index is 538. The van der Waals surface area contributed by atoms with E-state index >= 15 is 0 Å². The van der Waals surface area contributed by atoms with E-state index in [1.54, 1.807) is 18.2 Å². The number of anilines is 2. The molecule has 18 heavy (non-hydrogen) atoms. The Morgan fingerprint density at radius 2 is 2.06 bits per heavy atom. The Labute approximate surface area is 107 Å². The number of nitrogens with one attached hydrogen (secondary N) is 1. The van der Waals surface area contributed by atoms with Crippen LogP contribution in [0.3, 0.4) is 0 Å². The van der Waals surface area contributed by atoms with Gasteiger partial charge < -0.3 is 11.1 Å². The van der Waals surface area contributed by atoms with Gasteiger partial charge in [0.25, 0.3) is 0 Å². The van der Waals surface area contributed by atoms with Gasteiger partial charge in [-0.25, -0.2) is 8.42 Å². The molecule has 0 atom stereocenters. The average molecular weight is 270 g/mol.